The number of allylic oxidation sites excluding steroid dienone is 2. The molecular weight excluding hydrogens is 426 g/mol. The lowest BCUT2D eigenvalue weighted by molar-refractivity contribution is -0.144. The molecule has 1 aliphatic heterocycles. The van der Waals surface area contributed by atoms with Crippen molar-refractivity contribution in [3.8, 4) is 0 Å². The molecule has 0 spiro atoms. The van der Waals surface area contributed by atoms with E-state index >= 15 is 0 Å². The van der Waals surface area contributed by atoms with Crippen molar-refractivity contribution in [2.24, 2.45) is 29.6 Å². The molecule has 2 bridgehead atoms. The second kappa shape index (κ2) is 8.49. The fraction of sp³-hybridized carbons (Fsp3) is 0.429. The SMILES string of the molecule is O=C(Nc1ccc(Cc2ccncc2)cc1)C1CCC(N2C(=O)[C@@H]3[C@H](C2=O)[C@@H]2C=C[C@H]3C2)CC1. The fourth-order valence-electron chi connectivity index (χ4n) is 6.57. The van der Waals surface area contributed by atoms with Gasteiger partial charge in [0.15, 0.2) is 0 Å². The number of nitrogens with one attached hydrogen (secondary N) is 1. The predicted octanol–water partition coefficient (Wildman–Crippen LogP) is 3.98. The highest BCUT2D eigenvalue weighted by molar-refractivity contribution is 6.06. The third-order valence-corrected chi connectivity index (χ3v) is 8.32. The van der Waals surface area contributed by atoms with Crippen LogP contribution in [0.25, 0.3) is 0 Å². The zero-order valence-corrected chi connectivity index (χ0v) is 19.1. The number of carbonyl (C=O) groups is 3. The maximum atomic E-state index is 13.1. The Hall–Kier alpha value is -3.28. The minimum absolute atomic E-state index is 0.0264. The molecule has 0 unspecified atom stereocenters. The van der Waals surface area contributed by atoms with Gasteiger partial charge in [0.05, 0.1) is 11.8 Å². The molecular formula is C28H29N3O3. The van der Waals surface area contributed by atoms with Gasteiger partial charge >= 0.3 is 0 Å². The van der Waals surface area contributed by atoms with Crippen LogP contribution in [0.3, 0.4) is 0 Å². The van der Waals surface area contributed by atoms with Crippen LogP contribution in [0, 0.1) is 29.6 Å². The highest BCUT2D eigenvalue weighted by Crippen LogP contribution is 2.53. The van der Waals surface area contributed by atoms with E-state index in [1.807, 2.05) is 36.4 Å². The Morgan fingerprint density at radius 2 is 1.44 bits per heavy atom. The summed E-state index contributed by atoms with van der Waals surface area (Å²) >= 11 is 0. The molecule has 2 saturated carbocycles. The number of anilines is 1. The van der Waals surface area contributed by atoms with Crippen LogP contribution >= 0.6 is 0 Å². The van der Waals surface area contributed by atoms with Crippen LogP contribution < -0.4 is 5.32 Å². The molecule has 1 aromatic carbocycles. The summed E-state index contributed by atoms with van der Waals surface area (Å²) in [4.78, 5) is 44.7. The number of nitrogens with zero attached hydrogens (tertiary/aromatic N) is 2. The summed E-state index contributed by atoms with van der Waals surface area (Å²) in [6.07, 6.45) is 12.5. The van der Waals surface area contributed by atoms with Crippen LogP contribution in [0.5, 0.6) is 0 Å². The lowest BCUT2D eigenvalue weighted by Gasteiger charge is -2.33. The molecule has 2 heterocycles. The number of fused-ring (bicyclic) bond motifs is 5. The van der Waals surface area contributed by atoms with Crippen LogP contribution in [0.4, 0.5) is 5.69 Å². The van der Waals surface area contributed by atoms with Crippen LogP contribution in [-0.2, 0) is 20.8 Å². The first-order valence-corrected chi connectivity index (χ1v) is 12.4. The van der Waals surface area contributed by atoms with Gasteiger partial charge in [0.1, 0.15) is 0 Å². The number of pyridine rings is 1. The predicted molar refractivity (Wildman–Crippen MR) is 127 cm³/mol. The van der Waals surface area contributed by atoms with E-state index < -0.39 is 0 Å². The second-order valence-electron chi connectivity index (χ2n) is 10.3. The Morgan fingerprint density at radius 3 is 2.06 bits per heavy atom. The van der Waals surface area contributed by atoms with Gasteiger partial charge in [0.2, 0.25) is 17.7 Å². The smallest absolute Gasteiger partial charge is 0.233 e. The van der Waals surface area contributed by atoms with Gasteiger partial charge in [0, 0.05) is 30.0 Å². The number of hydrogen-bond donors (Lipinski definition) is 1. The van der Waals surface area contributed by atoms with Crippen LogP contribution in [0.15, 0.2) is 60.9 Å². The first-order chi connectivity index (χ1) is 16.6. The van der Waals surface area contributed by atoms with Crippen molar-refractivity contribution in [3.63, 3.8) is 0 Å². The quantitative estimate of drug-likeness (QED) is 0.546. The summed E-state index contributed by atoms with van der Waals surface area (Å²) in [6.45, 7) is 0. The number of aromatic nitrogens is 1. The first kappa shape index (κ1) is 21.3. The number of benzene rings is 1. The summed E-state index contributed by atoms with van der Waals surface area (Å²) in [7, 11) is 0. The van der Waals surface area contributed by atoms with Crippen molar-refractivity contribution in [2.75, 3.05) is 5.32 Å². The van der Waals surface area contributed by atoms with E-state index in [2.05, 4.69) is 22.5 Å². The molecule has 3 aliphatic carbocycles. The lowest BCUT2D eigenvalue weighted by Crippen LogP contribution is -2.44. The Balaban J connectivity index is 1.03. The van der Waals surface area contributed by atoms with E-state index in [1.54, 1.807) is 17.3 Å². The van der Waals surface area contributed by atoms with Crippen molar-refractivity contribution in [1.29, 1.82) is 0 Å². The fourth-order valence-corrected chi connectivity index (χ4v) is 6.57. The van der Waals surface area contributed by atoms with Gasteiger partial charge in [0.25, 0.3) is 0 Å². The first-order valence-electron chi connectivity index (χ1n) is 12.4. The number of amides is 3. The van der Waals surface area contributed by atoms with Crippen molar-refractivity contribution in [1.82, 2.24) is 9.88 Å². The maximum absolute atomic E-state index is 13.1. The van der Waals surface area contributed by atoms with Crippen molar-refractivity contribution >= 4 is 23.4 Å². The van der Waals surface area contributed by atoms with E-state index in [4.69, 9.17) is 0 Å². The minimum Gasteiger partial charge on any atom is -0.326 e. The summed E-state index contributed by atoms with van der Waals surface area (Å²) in [5.41, 5.74) is 3.18. The van der Waals surface area contributed by atoms with Gasteiger partial charge in [-0.1, -0.05) is 24.3 Å². The van der Waals surface area contributed by atoms with E-state index in [-0.39, 0.29) is 53.4 Å². The van der Waals surface area contributed by atoms with Crippen molar-refractivity contribution in [2.45, 2.75) is 44.6 Å². The molecule has 1 aromatic heterocycles. The Morgan fingerprint density at radius 1 is 0.853 bits per heavy atom. The molecule has 1 N–H and O–H groups in total. The normalized spacial score (nSPS) is 31.7. The second-order valence-corrected chi connectivity index (χ2v) is 10.3. The zero-order chi connectivity index (χ0) is 23.2. The van der Waals surface area contributed by atoms with Crippen LogP contribution in [-0.4, -0.2) is 33.6 Å². The molecule has 4 aliphatic rings. The van der Waals surface area contributed by atoms with Gasteiger partial charge in [-0.2, -0.15) is 0 Å². The highest BCUT2D eigenvalue weighted by Gasteiger charge is 2.60. The molecule has 1 saturated heterocycles. The monoisotopic (exact) mass is 455 g/mol. The third kappa shape index (κ3) is 3.65. The summed E-state index contributed by atoms with van der Waals surface area (Å²) in [6, 6.07) is 11.9. The van der Waals surface area contributed by atoms with E-state index in [9.17, 15) is 14.4 Å². The van der Waals surface area contributed by atoms with Crippen LogP contribution in [0.1, 0.15) is 43.2 Å². The van der Waals surface area contributed by atoms with E-state index in [0.29, 0.717) is 25.7 Å². The van der Waals surface area contributed by atoms with Gasteiger partial charge in [-0.15, -0.1) is 0 Å². The number of likely N-dealkylation sites (tertiary alicyclic amines) is 1. The number of imide groups is 1. The van der Waals surface area contributed by atoms with Gasteiger partial charge in [-0.3, -0.25) is 24.3 Å². The Labute approximate surface area is 199 Å². The summed E-state index contributed by atoms with van der Waals surface area (Å²) in [5.74, 6) is 0.231. The van der Waals surface area contributed by atoms with Gasteiger partial charge in [-0.25, -0.2) is 0 Å². The third-order valence-electron chi connectivity index (χ3n) is 8.32. The molecule has 6 nitrogen and oxygen atoms in total. The average Bonchev–Trinajstić information content (AvgIpc) is 3.55. The van der Waals surface area contributed by atoms with Gasteiger partial charge in [-0.05, 0) is 85.8 Å². The molecule has 6 heteroatoms. The molecule has 3 amide bonds. The zero-order valence-electron chi connectivity index (χ0n) is 19.1. The Kier molecular flexibility index (Phi) is 5.31. The molecule has 34 heavy (non-hydrogen) atoms. The maximum Gasteiger partial charge on any atom is 0.233 e. The van der Waals surface area contributed by atoms with E-state index in [0.717, 1.165) is 18.5 Å². The summed E-state index contributed by atoms with van der Waals surface area (Å²) < 4.78 is 0. The number of hydrogen-bond acceptors (Lipinski definition) is 4. The van der Waals surface area contributed by atoms with Crippen molar-refractivity contribution in [3.05, 3.63) is 72.1 Å². The lowest BCUT2D eigenvalue weighted by atomic mass is 9.84. The molecule has 4 atom stereocenters. The van der Waals surface area contributed by atoms with E-state index in [1.165, 1.54) is 11.1 Å². The molecule has 174 valence electrons. The number of rotatable bonds is 5. The van der Waals surface area contributed by atoms with Crippen molar-refractivity contribution < 1.29 is 14.4 Å². The minimum atomic E-state index is -0.134. The molecule has 6 rings (SSSR count). The largest absolute Gasteiger partial charge is 0.326 e. The standard InChI is InChI=1S/C28H29N3O3/c32-26(30-22-7-1-17(2-8-22)15-18-11-13-29-14-12-18)19-5-9-23(10-6-19)31-27(33)24-20-3-4-21(16-20)25(24)28(31)34/h1-4,7-8,11-14,19-21,23-25H,5-6,9-10,15-16H2,(H,30,32)/t19?,20-,21+,23?,24-,25+. The molecule has 0 radical (unpaired) electrons. The topological polar surface area (TPSA) is 79.4 Å². The Bertz CT molecular complexity index is 1110. The molecule has 2 aromatic rings. The molecule has 3 fully saturated rings. The summed E-state index contributed by atoms with van der Waals surface area (Å²) in [5, 5.41) is 3.05. The number of carbonyl (C=O) groups excluding carboxylic acids is 3. The highest BCUT2D eigenvalue weighted by atomic mass is 16.2. The van der Waals surface area contributed by atoms with Crippen LogP contribution in [0.2, 0.25) is 0 Å². The average molecular weight is 456 g/mol. The van der Waals surface area contributed by atoms with Gasteiger partial charge < -0.3 is 5.32 Å².